The summed E-state index contributed by atoms with van der Waals surface area (Å²) in [4.78, 5) is 26.2. The van der Waals surface area contributed by atoms with E-state index in [0.29, 0.717) is 17.1 Å². The molecule has 2 aromatic rings. The second kappa shape index (κ2) is 6.05. The number of amides is 2. The number of rotatable bonds is 2. The van der Waals surface area contributed by atoms with E-state index in [1.807, 2.05) is 37.3 Å². The first-order valence-corrected chi connectivity index (χ1v) is 7.80. The van der Waals surface area contributed by atoms with Crippen LogP contribution in [0.4, 0.5) is 11.4 Å². The Balaban J connectivity index is 1.86. The highest BCUT2D eigenvalue weighted by Gasteiger charge is 2.36. The summed E-state index contributed by atoms with van der Waals surface area (Å²) in [6, 6.07) is 12.5. The number of para-hydroxylation sites is 1. The molecular formula is C18H17ClN2O2. The third kappa shape index (κ3) is 2.94. The van der Waals surface area contributed by atoms with Crippen LogP contribution in [0.1, 0.15) is 18.1 Å². The largest absolute Gasteiger partial charge is 0.323 e. The average Bonchev–Trinajstić information content (AvgIpc) is 2.89. The molecule has 0 unspecified atom stereocenters. The van der Waals surface area contributed by atoms with Crippen molar-refractivity contribution in [2.24, 2.45) is 0 Å². The van der Waals surface area contributed by atoms with E-state index in [2.05, 4.69) is 5.32 Å². The van der Waals surface area contributed by atoms with Crippen molar-refractivity contribution >= 4 is 34.8 Å². The lowest BCUT2D eigenvalue weighted by Gasteiger charge is -2.23. The van der Waals surface area contributed by atoms with Gasteiger partial charge in [-0.1, -0.05) is 35.9 Å². The summed E-state index contributed by atoms with van der Waals surface area (Å²) >= 11 is 6.17. The first kappa shape index (κ1) is 15.6. The third-order valence-corrected chi connectivity index (χ3v) is 4.31. The number of fused-ring (bicyclic) bond motifs is 1. The molecule has 118 valence electrons. The summed E-state index contributed by atoms with van der Waals surface area (Å²) < 4.78 is 0. The Morgan fingerprint density at radius 2 is 1.96 bits per heavy atom. The Morgan fingerprint density at radius 1 is 1.22 bits per heavy atom. The number of hydrogen-bond donors (Lipinski definition) is 1. The molecule has 2 amide bonds. The van der Waals surface area contributed by atoms with Gasteiger partial charge in [0.15, 0.2) is 0 Å². The van der Waals surface area contributed by atoms with Gasteiger partial charge in [-0.15, -0.1) is 0 Å². The van der Waals surface area contributed by atoms with Crippen molar-refractivity contribution in [1.29, 1.82) is 0 Å². The number of aryl methyl sites for hydroxylation is 1. The number of benzene rings is 2. The van der Waals surface area contributed by atoms with Gasteiger partial charge in [-0.2, -0.15) is 0 Å². The normalized spacial score (nSPS) is 16.1. The molecule has 4 nitrogen and oxygen atoms in total. The zero-order chi connectivity index (χ0) is 16.6. The summed E-state index contributed by atoms with van der Waals surface area (Å²) in [6.07, 6.45) is 0.505. The minimum absolute atomic E-state index is 0.148. The van der Waals surface area contributed by atoms with E-state index in [0.717, 1.165) is 16.8 Å². The van der Waals surface area contributed by atoms with Crippen LogP contribution >= 0.6 is 11.6 Å². The predicted molar refractivity (Wildman–Crippen MR) is 91.9 cm³/mol. The quantitative estimate of drug-likeness (QED) is 0.916. The maximum Gasteiger partial charge on any atom is 0.247 e. The Morgan fingerprint density at radius 3 is 2.65 bits per heavy atom. The molecule has 3 rings (SSSR count). The molecule has 1 N–H and O–H groups in total. The summed E-state index contributed by atoms with van der Waals surface area (Å²) in [6.45, 7) is 3.41. The van der Waals surface area contributed by atoms with E-state index in [1.54, 1.807) is 17.0 Å². The van der Waals surface area contributed by atoms with Crippen LogP contribution in [-0.2, 0) is 16.0 Å². The summed E-state index contributed by atoms with van der Waals surface area (Å²) in [5.41, 5.74) is 3.38. The van der Waals surface area contributed by atoms with Crippen LogP contribution in [0, 0.1) is 6.92 Å². The molecule has 1 heterocycles. The molecule has 1 aliphatic rings. The second-order valence-electron chi connectivity index (χ2n) is 5.71. The van der Waals surface area contributed by atoms with Gasteiger partial charge in [0.1, 0.15) is 6.04 Å². The lowest BCUT2D eigenvalue weighted by Crippen LogP contribution is -2.44. The zero-order valence-electron chi connectivity index (χ0n) is 13.0. The van der Waals surface area contributed by atoms with Gasteiger partial charge in [0.2, 0.25) is 11.8 Å². The molecule has 0 aliphatic carbocycles. The van der Waals surface area contributed by atoms with Crippen molar-refractivity contribution in [2.45, 2.75) is 26.3 Å². The molecule has 0 bridgehead atoms. The lowest BCUT2D eigenvalue weighted by atomic mass is 10.1. The molecule has 0 saturated carbocycles. The van der Waals surface area contributed by atoms with Crippen molar-refractivity contribution in [2.75, 3.05) is 10.2 Å². The van der Waals surface area contributed by atoms with Crippen molar-refractivity contribution in [1.82, 2.24) is 0 Å². The first-order chi connectivity index (χ1) is 11.0. The zero-order valence-corrected chi connectivity index (χ0v) is 13.7. The maximum atomic E-state index is 12.7. The number of nitrogens with zero attached hydrogens (tertiary/aromatic N) is 1. The molecule has 1 atom stereocenters. The minimum Gasteiger partial charge on any atom is -0.323 e. The fraction of sp³-hybridized carbons (Fsp3) is 0.222. The van der Waals surface area contributed by atoms with E-state index in [9.17, 15) is 9.59 Å². The number of hydrogen-bond acceptors (Lipinski definition) is 2. The van der Waals surface area contributed by atoms with Crippen LogP contribution in [-0.4, -0.2) is 17.9 Å². The van der Waals surface area contributed by atoms with Crippen molar-refractivity contribution in [3.05, 3.63) is 58.6 Å². The topological polar surface area (TPSA) is 49.4 Å². The average molecular weight is 329 g/mol. The van der Waals surface area contributed by atoms with E-state index in [1.165, 1.54) is 6.92 Å². The second-order valence-corrected chi connectivity index (χ2v) is 6.12. The van der Waals surface area contributed by atoms with Gasteiger partial charge in [-0.25, -0.2) is 0 Å². The van der Waals surface area contributed by atoms with Gasteiger partial charge < -0.3 is 5.32 Å². The molecular weight excluding hydrogens is 312 g/mol. The number of carbonyl (C=O) groups is 2. The minimum atomic E-state index is -0.553. The van der Waals surface area contributed by atoms with Crippen LogP contribution in [0.3, 0.4) is 0 Å². The molecule has 0 fully saturated rings. The van der Waals surface area contributed by atoms with Crippen molar-refractivity contribution < 1.29 is 9.59 Å². The standard InChI is InChI=1S/C18H17ClN2O2/c1-11-7-8-15(14(19)9-11)20-18(23)17-10-13-5-3-4-6-16(13)21(17)12(2)22/h3-9,17H,10H2,1-2H3,(H,20,23)/t17-/m1/s1. The van der Waals surface area contributed by atoms with Gasteiger partial charge in [-0.3, -0.25) is 14.5 Å². The van der Waals surface area contributed by atoms with Crippen molar-refractivity contribution in [3.8, 4) is 0 Å². The van der Waals surface area contributed by atoms with Gasteiger partial charge in [0.05, 0.1) is 10.7 Å². The fourth-order valence-electron chi connectivity index (χ4n) is 2.92. The van der Waals surface area contributed by atoms with Gasteiger partial charge in [0.25, 0.3) is 0 Å². The summed E-state index contributed by atoms with van der Waals surface area (Å²) in [5.74, 6) is -0.382. The Kier molecular flexibility index (Phi) is 4.09. The highest BCUT2D eigenvalue weighted by Crippen LogP contribution is 2.33. The highest BCUT2D eigenvalue weighted by molar-refractivity contribution is 6.33. The first-order valence-electron chi connectivity index (χ1n) is 7.42. The van der Waals surface area contributed by atoms with Crippen LogP contribution in [0.15, 0.2) is 42.5 Å². The molecule has 5 heteroatoms. The highest BCUT2D eigenvalue weighted by atomic mass is 35.5. The van der Waals surface area contributed by atoms with Crippen LogP contribution < -0.4 is 10.2 Å². The SMILES string of the molecule is CC(=O)N1c2ccccc2C[C@@H]1C(=O)Nc1ccc(C)cc1Cl. The summed E-state index contributed by atoms with van der Waals surface area (Å²) in [5, 5.41) is 3.32. The van der Waals surface area contributed by atoms with Gasteiger partial charge in [-0.05, 0) is 36.2 Å². The van der Waals surface area contributed by atoms with E-state index in [-0.39, 0.29) is 11.8 Å². The lowest BCUT2D eigenvalue weighted by molar-refractivity contribution is -0.122. The van der Waals surface area contributed by atoms with E-state index >= 15 is 0 Å². The van der Waals surface area contributed by atoms with E-state index < -0.39 is 6.04 Å². The van der Waals surface area contributed by atoms with Gasteiger partial charge >= 0.3 is 0 Å². The number of anilines is 2. The molecule has 0 aromatic heterocycles. The molecule has 23 heavy (non-hydrogen) atoms. The predicted octanol–water partition coefficient (Wildman–Crippen LogP) is 3.56. The van der Waals surface area contributed by atoms with Crippen LogP contribution in [0.2, 0.25) is 5.02 Å². The van der Waals surface area contributed by atoms with Crippen molar-refractivity contribution in [3.63, 3.8) is 0 Å². The molecule has 0 radical (unpaired) electrons. The number of halogens is 1. The Labute approximate surface area is 140 Å². The molecule has 0 saturated heterocycles. The van der Waals surface area contributed by atoms with E-state index in [4.69, 9.17) is 11.6 Å². The van der Waals surface area contributed by atoms with Crippen LogP contribution in [0.25, 0.3) is 0 Å². The molecule has 0 spiro atoms. The Hall–Kier alpha value is -2.33. The number of nitrogens with one attached hydrogen (secondary N) is 1. The number of carbonyl (C=O) groups excluding carboxylic acids is 2. The maximum absolute atomic E-state index is 12.7. The Bertz CT molecular complexity index is 788. The fourth-order valence-corrected chi connectivity index (χ4v) is 3.20. The summed E-state index contributed by atoms with van der Waals surface area (Å²) in [7, 11) is 0. The van der Waals surface area contributed by atoms with Crippen LogP contribution in [0.5, 0.6) is 0 Å². The monoisotopic (exact) mass is 328 g/mol. The smallest absolute Gasteiger partial charge is 0.247 e. The molecule has 2 aromatic carbocycles. The third-order valence-electron chi connectivity index (χ3n) is 4.00. The van der Waals surface area contributed by atoms with Gasteiger partial charge in [0, 0.05) is 19.0 Å². The molecule has 1 aliphatic heterocycles.